The van der Waals surface area contributed by atoms with Gasteiger partial charge in [0.25, 0.3) is 0 Å². The van der Waals surface area contributed by atoms with E-state index in [1.807, 2.05) is 12.1 Å². The summed E-state index contributed by atoms with van der Waals surface area (Å²) >= 11 is 6.08. The summed E-state index contributed by atoms with van der Waals surface area (Å²) < 4.78 is 12.9. The first kappa shape index (κ1) is 21.4. The third-order valence-corrected chi connectivity index (χ3v) is 9.82. The van der Waals surface area contributed by atoms with E-state index in [1.54, 1.807) is 0 Å². The third kappa shape index (κ3) is 3.38. The lowest BCUT2D eigenvalue weighted by atomic mass is 9.71. The summed E-state index contributed by atoms with van der Waals surface area (Å²) in [5.41, 5.74) is 2.89. The topological polar surface area (TPSA) is 89.2 Å². The van der Waals surface area contributed by atoms with Crippen molar-refractivity contribution in [3.63, 3.8) is 0 Å². The van der Waals surface area contributed by atoms with E-state index in [9.17, 15) is 14.6 Å². The van der Waals surface area contributed by atoms with Gasteiger partial charge in [-0.2, -0.15) is 5.26 Å². The Kier molecular flexibility index (Phi) is 5.17. The van der Waals surface area contributed by atoms with Crippen molar-refractivity contribution < 1.29 is 9.32 Å². The Balaban J connectivity index is 1.36. The lowest BCUT2D eigenvalue weighted by molar-refractivity contribution is 0.144. The number of anilines is 2. The SMILES string of the molecule is N#Cc1c(N2C3CC(c4ccc(Cl)cc4)CC2C3)nc2c(c1NC1(CO)CCC1)[S@](=O)CC2. The number of benzene rings is 1. The molecule has 2 saturated carbocycles. The van der Waals surface area contributed by atoms with Gasteiger partial charge >= 0.3 is 0 Å². The number of aromatic nitrogens is 1. The van der Waals surface area contributed by atoms with E-state index >= 15 is 0 Å². The Hall–Kier alpha value is -2.14. The number of halogens is 1. The first-order chi connectivity index (χ1) is 16.0. The molecule has 172 valence electrons. The molecule has 1 aromatic heterocycles. The quantitative estimate of drug-likeness (QED) is 0.666. The summed E-state index contributed by atoms with van der Waals surface area (Å²) in [5.74, 6) is 1.77. The van der Waals surface area contributed by atoms with Gasteiger partial charge < -0.3 is 15.3 Å². The van der Waals surface area contributed by atoms with Crippen LogP contribution in [0.1, 0.15) is 61.3 Å². The normalized spacial score (nSPS) is 28.9. The molecule has 2 aromatic rings. The van der Waals surface area contributed by atoms with Crippen molar-refractivity contribution in [1.82, 2.24) is 4.98 Å². The Labute approximate surface area is 201 Å². The minimum atomic E-state index is -1.17. The highest BCUT2D eigenvalue weighted by molar-refractivity contribution is 7.85. The van der Waals surface area contributed by atoms with Crippen molar-refractivity contribution in [2.24, 2.45) is 0 Å². The van der Waals surface area contributed by atoms with Gasteiger partial charge in [0.15, 0.2) is 0 Å². The molecule has 2 unspecified atom stereocenters. The summed E-state index contributed by atoms with van der Waals surface area (Å²) in [6.45, 7) is 0.00860. The molecule has 33 heavy (non-hydrogen) atoms. The smallest absolute Gasteiger partial charge is 0.149 e. The first-order valence-electron chi connectivity index (χ1n) is 11.8. The zero-order chi connectivity index (χ0) is 22.7. The summed E-state index contributed by atoms with van der Waals surface area (Å²) in [6, 6.07) is 11.3. The van der Waals surface area contributed by atoms with E-state index in [-0.39, 0.29) is 6.61 Å². The van der Waals surface area contributed by atoms with Gasteiger partial charge in [0.05, 0.1) is 39.2 Å². The molecule has 3 aliphatic heterocycles. The van der Waals surface area contributed by atoms with Crippen LogP contribution >= 0.6 is 11.6 Å². The molecular formula is C25H27ClN4O2S. The second-order valence-electron chi connectivity index (χ2n) is 9.96. The predicted octanol–water partition coefficient (Wildman–Crippen LogP) is 4.12. The van der Waals surface area contributed by atoms with E-state index in [0.29, 0.717) is 46.3 Å². The highest BCUT2D eigenvalue weighted by atomic mass is 35.5. The van der Waals surface area contributed by atoms with Crippen molar-refractivity contribution >= 4 is 33.9 Å². The van der Waals surface area contributed by atoms with Gasteiger partial charge in [-0.25, -0.2) is 4.98 Å². The van der Waals surface area contributed by atoms with Crippen LogP contribution in [0.4, 0.5) is 11.5 Å². The average Bonchev–Trinajstić information content (AvgIpc) is 3.17. The van der Waals surface area contributed by atoms with E-state index in [1.165, 1.54) is 5.56 Å². The first-order valence-corrected chi connectivity index (χ1v) is 13.5. The zero-order valence-corrected chi connectivity index (χ0v) is 20.0. The number of aryl methyl sites for hydroxylation is 1. The molecule has 1 aromatic carbocycles. The number of pyridine rings is 1. The Morgan fingerprint density at radius 1 is 1.24 bits per heavy atom. The van der Waals surface area contributed by atoms with E-state index in [2.05, 4.69) is 28.4 Å². The average molecular weight is 483 g/mol. The summed E-state index contributed by atoms with van der Waals surface area (Å²) in [6.07, 6.45) is 6.58. The molecule has 2 N–H and O–H groups in total. The molecule has 3 atom stereocenters. The molecular weight excluding hydrogens is 456 g/mol. The van der Waals surface area contributed by atoms with Gasteiger partial charge in [-0.1, -0.05) is 23.7 Å². The highest BCUT2D eigenvalue weighted by Gasteiger charge is 2.48. The number of nitrogens with one attached hydrogen (secondary N) is 1. The molecule has 2 bridgehead atoms. The largest absolute Gasteiger partial charge is 0.394 e. The second-order valence-corrected chi connectivity index (χ2v) is 11.9. The fourth-order valence-electron chi connectivity index (χ4n) is 6.14. The van der Waals surface area contributed by atoms with Crippen LogP contribution in [0.15, 0.2) is 29.2 Å². The molecule has 4 fully saturated rings. The number of nitrogens with zero attached hydrogens (tertiary/aromatic N) is 3. The maximum Gasteiger partial charge on any atom is 0.149 e. The van der Waals surface area contributed by atoms with Crippen molar-refractivity contribution in [3.8, 4) is 6.07 Å². The Bertz CT molecular complexity index is 1160. The van der Waals surface area contributed by atoms with Crippen LogP contribution in [0.3, 0.4) is 0 Å². The molecule has 7 rings (SSSR count). The number of piperidine rings is 1. The summed E-state index contributed by atoms with van der Waals surface area (Å²) in [7, 11) is -1.17. The molecule has 2 aliphatic carbocycles. The molecule has 5 aliphatic rings. The molecule has 0 radical (unpaired) electrons. The lowest BCUT2D eigenvalue weighted by Gasteiger charge is -2.56. The number of hydrogen-bond donors (Lipinski definition) is 2. The highest BCUT2D eigenvalue weighted by Crippen LogP contribution is 2.50. The van der Waals surface area contributed by atoms with Gasteiger partial charge in [0.1, 0.15) is 17.5 Å². The second kappa shape index (κ2) is 7.97. The molecule has 0 amide bonds. The molecule has 6 nitrogen and oxygen atoms in total. The van der Waals surface area contributed by atoms with Crippen molar-refractivity contribution in [1.29, 1.82) is 5.26 Å². The van der Waals surface area contributed by atoms with Gasteiger partial charge in [-0.05, 0) is 62.1 Å². The number of nitriles is 1. The monoisotopic (exact) mass is 482 g/mol. The van der Waals surface area contributed by atoms with E-state index < -0.39 is 16.3 Å². The number of aliphatic hydroxyl groups is 1. The van der Waals surface area contributed by atoms with E-state index in [4.69, 9.17) is 16.6 Å². The Morgan fingerprint density at radius 2 is 1.97 bits per heavy atom. The number of rotatable bonds is 5. The van der Waals surface area contributed by atoms with E-state index in [0.717, 1.165) is 55.1 Å². The zero-order valence-electron chi connectivity index (χ0n) is 18.4. The van der Waals surface area contributed by atoms with Crippen molar-refractivity contribution in [2.75, 3.05) is 22.6 Å². The van der Waals surface area contributed by atoms with Crippen LogP contribution in [0.2, 0.25) is 5.02 Å². The van der Waals surface area contributed by atoms with Crippen molar-refractivity contribution in [3.05, 3.63) is 46.1 Å². The maximum absolute atomic E-state index is 12.9. The Morgan fingerprint density at radius 3 is 2.58 bits per heavy atom. The van der Waals surface area contributed by atoms with Crippen LogP contribution < -0.4 is 10.2 Å². The minimum absolute atomic E-state index is 0.00860. The molecule has 2 saturated heterocycles. The van der Waals surface area contributed by atoms with Gasteiger partial charge in [-0.3, -0.25) is 4.21 Å². The number of hydrogen-bond acceptors (Lipinski definition) is 6. The fourth-order valence-corrected chi connectivity index (χ4v) is 7.64. The van der Waals surface area contributed by atoms with Crippen LogP contribution in [-0.2, 0) is 17.2 Å². The molecule has 0 spiro atoms. The van der Waals surface area contributed by atoms with Crippen molar-refractivity contribution in [2.45, 2.75) is 73.4 Å². The predicted molar refractivity (Wildman–Crippen MR) is 129 cm³/mol. The lowest BCUT2D eigenvalue weighted by Crippen LogP contribution is -2.61. The maximum atomic E-state index is 12.9. The molecule has 8 heteroatoms. The van der Waals surface area contributed by atoms with Crippen LogP contribution in [0.25, 0.3) is 0 Å². The van der Waals surface area contributed by atoms with Gasteiger partial charge in [-0.15, -0.1) is 0 Å². The van der Waals surface area contributed by atoms with Crippen LogP contribution in [0.5, 0.6) is 0 Å². The number of fused-ring (bicyclic) bond motifs is 3. The third-order valence-electron chi connectivity index (χ3n) is 8.10. The fraction of sp³-hybridized carbons (Fsp3) is 0.520. The summed E-state index contributed by atoms with van der Waals surface area (Å²) in [5, 5.41) is 24.5. The minimum Gasteiger partial charge on any atom is -0.394 e. The van der Waals surface area contributed by atoms with Gasteiger partial charge in [0.2, 0.25) is 0 Å². The molecule has 4 heterocycles. The van der Waals surface area contributed by atoms with Crippen LogP contribution in [-0.4, -0.2) is 44.3 Å². The summed E-state index contributed by atoms with van der Waals surface area (Å²) in [4.78, 5) is 7.96. The van der Waals surface area contributed by atoms with Crippen LogP contribution in [0, 0.1) is 11.3 Å². The standard InChI is InChI=1S/C25H27ClN4O2S/c26-17-4-2-15(3-5-17)16-10-18-12-19(11-16)30(18)24-20(13-27)22(29-25(14-31)7-1-8-25)23-21(28-24)6-9-33(23)32/h2-5,16,18-19,31H,1,6-12,14H2,(H,28,29)/t16?,18?,19?,33-/m1/s1. The number of aliphatic hydroxyl groups excluding tert-OH is 1. The van der Waals surface area contributed by atoms with Gasteiger partial charge in [0, 0.05) is 29.3 Å².